The van der Waals surface area contributed by atoms with Crippen LogP contribution in [0.2, 0.25) is 10.0 Å². The van der Waals surface area contributed by atoms with Crippen LogP contribution < -0.4 is 5.32 Å². The van der Waals surface area contributed by atoms with Gasteiger partial charge in [0.1, 0.15) is 0 Å². The summed E-state index contributed by atoms with van der Waals surface area (Å²) >= 11 is 13.2. The molecule has 1 aromatic carbocycles. The van der Waals surface area contributed by atoms with Crippen molar-refractivity contribution in [3.8, 4) is 0 Å². The molecule has 0 aliphatic carbocycles. The summed E-state index contributed by atoms with van der Waals surface area (Å²) in [4.78, 5) is 24.7. The zero-order valence-corrected chi connectivity index (χ0v) is 14.0. The molecule has 0 spiro atoms. The van der Waals surface area contributed by atoms with E-state index in [0.717, 1.165) is 4.88 Å². The van der Waals surface area contributed by atoms with E-state index in [1.807, 2.05) is 17.5 Å². The van der Waals surface area contributed by atoms with Gasteiger partial charge in [-0.25, -0.2) is 0 Å². The lowest BCUT2D eigenvalue weighted by molar-refractivity contribution is -0.141. The molecule has 22 heavy (non-hydrogen) atoms. The minimum absolute atomic E-state index is 0.0596. The molecule has 1 amide bonds. The van der Waals surface area contributed by atoms with Crippen molar-refractivity contribution in [1.82, 2.24) is 5.32 Å². The first-order valence-electron chi connectivity index (χ1n) is 6.37. The molecule has 1 atom stereocenters. The zero-order chi connectivity index (χ0) is 16.1. The first-order valence-corrected chi connectivity index (χ1v) is 8.01. The number of halogens is 2. The Morgan fingerprint density at radius 2 is 2.05 bits per heavy atom. The topological polar surface area (TPSA) is 55.4 Å². The number of thiophene rings is 1. The molecular formula is C15H13Cl2NO3S. The van der Waals surface area contributed by atoms with Crippen LogP contribution in [0.25, 0.3) is 0 Å². The number of ether oxygens (including phenoxy) is 1. The van der Waals surface area contributed by atoms with Crippen LogP contribution in [0.1, 0.15) is 27.7 Å². The van der Waals surface area contributed by atoms with E-state index in [9.17, 15) is 9.59 Å². The van der Waals surface area contributed by atoms with E-state index in [-0.39, 0.29) is 12.3 Å². The molecular weight excluding hydrogens is 345 g/mol. The Labute approximate surface area is 142 Å². The summed E-state index contributed by atoms with van der Waals surface area (Å²) in [6.07, 6.45) is 0.0596. The van der Waals surface area contributed by atoms with Crippen molar-refractivity contribution >= 4 is 46.4 Å². The molecule has 2 rings (SSSR count). The maximum Gasteiger partial charge on any atom is 0.307 e. The maximum absolute atomic E-state index is 12.3. The van der Waals surface area contributed by atoms with Crippen LogP contribution in [0.15, 0.2) is 35.7 Å². The molecule has 2 aromatic rings. The molecule has 0 saturated heterocycles. The number of carbonyl (C=O) groups is 2. The minimum atomic E-state index is -0.450. The molecule has 0 bridgehead atoms. The van der Waals surface area contributed by atoms with Crippen molar-refractivity contribution < 1.29 is 14.3 Å². The second-order valence-electron chi connectivity index (χ2n) is 4.45. The summed E-state index contributed by atoms with van der Waals surface area (Å²) in [6, 6.07) is 7.88. The van der Waals surface area contributed by atoms with Gasteiger partial charge in [-0.2, -0.15) is 0 Å². The van der Waals surface area contributed by atoms with Gasteiger partial charge in [-0.1, -0.05) is 29.3 Å². The predicted molar refractivity (Wildman–Crippen MR) is 87.6 cm³/mol. The monoisotopic (exact) mass is 357 g/mol. The molecule has 0 radical (unpaired) electrons. The van der Waals surface area contributed by atoms with Crippen LogP contribution in [0.4, 0.5) is 0 Å². The van der Waals surface area contributed by atoms with Crippen LogP contribution in [-0.2, 0) is 9.53 Å². The molecule has 4 nitrogen and oxygen atoms in total. The highest BCUT2D eigenvalue weighted by Gasteiger charge is 2.20. The smallest absolute Gasteiger partial charge is 0.307 e. The van der Waals surface area contributed by atoms with E-state index in [1.165, 1.54) is 24.5 Å². The third-order valence-corrected chi connectivity index (χ3v) is 4.70. The fraction of sp³-hybridized carbons (Fsp3) is 0.200. The maximum atomic E-state index is 12.3. The van der Waals surface area contributed by atoms with Crippen molar-refractivity contribution in [2.45, 2.75) is 12.5 Å². The Kier molecular flexibility index (Phi) is 5.83. The standard InChI is InChI=1S/C15H13Cl2NO3S/c1-21-14(19)8-12(13-3-2-6-22-13)18-15(20)9-4-5-10(16)11(17)7-9/h2-7,12H,8H2,1H3,(H,18,20). The molecule has 1 heterocycles. The molecule has 0 fully saturated rings. The molecule has 1 aromatic heterocycles. The van der Waals surface area contributed by atoms with Crippen molar-refractivity contribution in [3.05, 3.63) is 56.2 Å². The molecule has 1 unspecified atom stereocenters. The van der Waals surface area contributed by atoms with Gasteiger partial charge in [0.25, 0.3) is 5.91 Å². The van der Waals surface area contributed by atoms with Crippen molar-refractivity contribution in [2.24, 2.45) is 0 Å². The molecule has 0 aliphatic rings. The lowest BCUT2D eigenvalue weighted by Gasteiger charge is -2.16. The average Bonchev–Trinajstić information content (AvgIpc) is 3.03. The summed E-state index contributed by atoms with van der Waals surface area (Å²) in [7, 11) is 1.31. The van der Waals surface area contributed by atoms with E-state index in [0.29, 0.717) is 15.6 Å². The highest BCUT2D eigenvalue weighted by molar-refractivity contribution is 7.10. The first kappa shape index (κ1) is 16.8. The van der Waals surface area contributed by atoms with E-state index in [2.05, 4.69) is 10.1 Å². The fourth-order valence-corrected chi connectivity index (χ4v) is 2.92. The summed E-state index contributed by atoms with van der Waals surface area (Å²) < 4.78 is 4.68. The van der Waals surface area contributed by atoms with E-state index in [4.69, 9.17) is 23.2 Å². The summed E-state index contributed by atoms with van der Waals surface area (Å²) in [5, 5.41) is 5.37. The second kappa shape index (κ2) is 7.63. The fourth-order valence-electron chi connectivity index (χ4n) is 1.84. The van der Waals surface area contributed by atoms with E-state index >= 15 is 0 Å². The van der Waals surface area contributed by atoms with Gasteiger partial charge in [-0.05, 0) is 29.6 Å². The van der Waals surface area contributed by atoms with Gasteiger partial charge in [-0.3, -0.25) is 9.59 Å². The van der Waals surface area contributed by atoms with Gasteiger partial charge in [0.2, 0.25) is 0 Å². The molecule has 0 aliphatic heterocycles. The molecule has 7 heteroatoms. The Morgan fingerprint density at radius 1 is 1.27 bits per heavy atom. The average molecular weight is 358 g/mol. The van der Waals surface area contributed by atoms with E-state index in [1.54, 1.807) is 12.1 Å². The summed E-state index contributed by atoms with van der Waals surface area (Å²) in [5.74, 6) is -0.728. The van der Waals surface area contributed by atoms with Crippen LogP contribution in [0, 0.1) is 0 Å². The summed E-state index contributed by atoms with van der Waals surface area (Å²) in [5.41, 5.74) is 0.376. The number of nitrogens with one attached hydrogen (secondary N) is 1. The Hall–Kier alpha value is -1.56. The van der Waals surface area contributed by atoms with Crippen LogP contribution in [0.3, 0.4) is 0 Å². The van der Waals surface area contributed by atoms with Gasteiger partial charge >= 0.3 is 5.97 Å². The SMILES string of the molecule is COC(=O)CC(NC(=O)c1ccc(Cl)c(Cl)c1)c1cccs1. The quantitative estimate of drug-likeness (QED) is 0.819. The van der Waals surface area contributed by atoms with Gasteiger partial charge in [0.15, 0.2) is 0 Å². The number of hydrogen-bond donors (Lipinski definition) is 1. The highest BCUT2D eigenvalue weighted by Crippen LogP contribution is 2.25. The minimum Gasteiger partial charge on any atom is -0.469 e. The molecule has 1 N–H and O–H groups in total. The van der Waals surface area contributed by atoms with Crippen molar-refractivity contribution in [2.75, 3.05) is 7.11 Å². The van der Waals surface area contributed by atoms with Gasteiger partial charge in [0.05, 0.1) is 29.6 Å². The van der Waals surface area contributed by atoms with Crippen LogP contribution in [0.5, 0.6) is 0 Å². The van der Waals surface area contributed by atoms with Gasteiger partial charge in [0, 0.05) is 10.4 Å². The van der Waals surface area contributed by atoms with Gasteiger partial charge < -0.3 is 10.1 Å². The third kappa shape index (κ3) is 4.22. The first-order chi connectivity index (χ1) is 10.5. The number of carbonyl (C=O) groups excluding carboxylic acids is 2. The molecule has 116 valence electrons. The number of benzene rings is 1. The predicted octanol–water partition coefficient (Wildman–Crippen LogP) is 4.09. The summed E-state index contributed by atoms with van der Waals surface area (Å²) in [6.45, 7) is 0. The number of methoxy groups -OCH3 is 1. The Morgan fingerprint density at radius 3 is 2.64 bits per heavy atom. The Balaban J connectivity index is 2.17. The number of hydrogen-bond acceptors (Lipinski definition) is 4. The third-order valence-electron chi connectivity index (χ3n) is 2.97. The normalized spacial score (nSPS) is 11.8. The van der Waals surface area contributed by atoms with Crippen molar-refractivity contribution in [3.63, 3.8) is 0 Å². The van der Waals surface area contributed by atoms with Crippen LogP contribution in [-0.4, -0.2) is 19.0 Å². The lowest BCUT2D eigenvalue weighted by Crippen LogP contribution is -2.30. The number of rotatable bonds is 5. The highest BCUT2D eigenvalue weighted by atomic mass is 35.5. The zero-order valence-electron chi connectivity index (χ0n) is 11.6. The van der Waals surface area contributed by atoms with Crippen molar-refractivity contribution in [1.29, 1.82) is 0 Å². The number of esters is 1. The van der Waals surface area contributed by atoms with Crippen LogP contribution >= 0.6 is 34.5 Å². The second-order valence-corrected chi connectivity index (χ2v) is 6.24. The number of amides is 1. The van der Waals surface area contributed by atoms with Gasteiger partial charge in [-0.15, -0.1) is 11.3 Å². The van der Waals surface area contributed by atoms with E-state index < -0.39 is 12.0 Å². The Bertz CT molecular complexity index is 673. The largest absolute Gasteiger partial charge is 0.469 e. The molecule has 0 saturated carbocycles. The lowest BCUT2D eigenvalue weighted by atomic mass is 10.1.